The monoisotopic (exact) mass is 283 g/mol. The highest BCUT2D eigenvalue weighted by Gasteiger charge is 2.30. The summed E-state index contributed by atoms with van der Waals surface area (Å²) in [6.45, 7) is 1.25. The predicted octanol–water partition coefficient (Wildman–Crippen LogP) is 2.57. The number of hydrogen-bond donors (Lipinski definition) is 2. The molecule has 1 aliphatic carbocycles. The largest absolute Gasteiger partial charge is 0.391 e. The lowest BCUT2D eigenvalue weighted by atomic mass is 9.76. The highest BCUT2D eigenvalue weighted by molar-refractivity contribution is 6.31. The standard InChI is InChI=1S/C15H22ClNO2/c1-19-10-13(18)6-7-17-12-8-11(9-12)14-4-2-3-5-15(14)16/h2-5,11-13,17-18H,6-10H2,1H3. The molecule has 19 heavy (non-hydrogen) atoms. The van der Waals surface area contributed by atoms with E-state index < -0.39 is 0 Å². The van der Waals surface area contributed by atoms with Crippen LogP contribution in [0.25, 0.3) is 0 Å². The summed E-state index contributed by atoms with van der Waals surface area (Å²) in [7, 11) is 1.61. The van der Waals surface area contributed by atoms with Crippen LogP contribution < -0.4 is 5.32 Å². The lowest BCUT2D eigenvalue weighted by Crippen LogP contribution is -2.41. The molecule has 3 nitrogen and oxygen atoms in total. The van der Waals surface area contributed by atoms with Crippen molar-refractivity contribution in [3.05, 3.63) is 34.9 Å². The second-order valence-electron chi connectivity index (χ2n) is 5.24. The molecule has 106 valence electrons. The fraction of sp³-hybridized carbons (Fsp3) is 0.600. The Balaban J connectivity index is 1.65. The zero-order valence-corrected chi connectivity index (χ0v) is 12.1. The topological polar surface area (TPSA) is 41.5 Å². The average Bonchev–Trinajstić information content (AvgIpc) is 2.34. The maximum Gasteiger partial charge on any atom is 0.0785 e. The van der Waals surface area contributed by atoms with Gasteiger partial charge in [0.2, 0.25) is 0 Å². The minimum absolute atomic E-state index is 0.364. The first-order valence-electron chi connectivity index (χ1n) is 6.85. The van der Waals surface area contributed by atoms with Crippen molar-refractivity contribution in [3.8, 4) is 0 Å². The van der Waals surface area contributed by atoms with E-state index in [0.29, 0.717) is 18.6 Å². The lowest BCUT2D eigenvalue weighted by molar-refractivity contribution is 0.0582. The van der Waals surface area contributed by atoms with Gasteiger partial charge in [-0.2, -0.15) is 0 Å². The second-order valence-corrected chi connectivity index (χ2v) is 5.65. The number of halogens is 1. The first kappa shape index (κ1) is 14.8. The van der Waals surface area contributed by atoms with E-state index in [1.165, 1.54) is 5.56 Å². The van der Waals surface area contributed by atoms with Gasteiger partial charge in [-0.05, 0) is 43.4 Å². The predicted molar refractivity (Wildman–Crippen MR) is 77.7 cm³/mol. The van der Waals surface area contributed by atoms with Gasteiger partial charge >= 0.3 is 0 Å². The van der Waals surface area contributed by atoms with Crippen LogP contribution in [0.1, 0.15) is 30.7 Å². The maximum atomic E-state index is 9.54. The molecule has 0 radical (unpaired) electrons. The molecule has 0 bridgehead atoms. The van der Waals surface area contributed by atoms with Crippen LogP contribution in [0.4, 0.5) is 0 Å². The number of hydrogen-bond acceptors (Lipinski definition) is 3. The second kappa shape index (κ2) is 7.25. The third-order valence-electron chi connectivity index (χ3n) is 3.75. The van der Waals surface area contributed by atoms with E-state index in [1.54, 1.807) is 7.11 Å². The molecule has 0 amide bonds. The van der Waals surface area contributed by atoms with Crippen LogP contribution in [-0.4, -0.2) is 37.5 Å². The number of rotatable bonds is 7. The van der Waals surface area contributed by atoms with Crippen LogP contribution in [0.3, 0.4) is 0 Å². The summed E-state index contributed by atoms with van der Waals surface area (Å²) < 4.78 is 4.90. The van der Waals surface area contributed by atoms with Crippen molar-refractivity contribution in [1.82, 2.24) is 5.32 Å². The Kier molecular flexibility index (Phi) is 5.64. The summed E-state index contributed by atoms with van der Waals surface area (Å²) in [6.07, 6.45) is 2.63. The molecule has 0 heterocycles. The first-order valence-corrected chi connectivity index (χ1v) is 7.23. The van der Waals surface area contributed by atoms with Gasteiger partial charge in [0.25, 0.3) is 0 Å². The third-order valence-corrected chi connectivity index (χ3v) is 4.10. The summed E-state index contributed by atoms with van der Waals surface area (Å²) in [5, 5.41) is 13.9. The fourth-order valence-corrected chi connectivity index (χ4v) is 2.86. The van der Waals surface area contributed by atoms with E-state index in [0.717, 1.165) is 30.8 Å². The number of methoxy groups -OCH3 is 1. The number of aliphatic hydroxyl groups excluding tert-OH is 1. The molecule has 1 fully saturated rings. The third kappa shape index (κ3) is 4.18. The Bertz CT molecular complexity index is 393. The molecule has 4 heteroatoms. The van der Waals surface area contributed by atoms with E-state index in [-0.39, 0.29) is 6.10 Å². The average molecular weight is 284 g/mol. The Labute approximate surface area is 119 Å². The van der Waals surface area contributed by atoms with Gasteiger partial charge < -0.3 is 15.2 Å². The van der Waals surface area contributed by atoms with Crippen molar-refractivity contribution in [1.29, 1.82) is 0 Å². The molecule has 1 aromatic rings. The molecule has 0 saturated heterocycles. The molecule has 2 N–H and O–H groups in total. The fourth-order valence-electron chi connectivity index (χ4n) is 2.57. The number of ether oxygens (including phenoxy) is 1. The molecule has 2 rings (SSSR count). The molecule has 1 atom stereocenters. The molecule has 1 aromatic carbocycles. The van der Waals surface area contributed by atoms with Crippen LogP contribution in [0.2, 0.25) is 5.02 Å². The molecule has 1 aliphatic rings. The van der Waals surface area contributed by atoms with Gasteiger partial charge in [0, 0.05) is 18.2 Å². The quantitative estimate of drug-likeness (QED) is 0.808. The van der Waals surface area contributed by atoms with Crippen molar-refractivity contribution in [2.45, 2.75) is 37.3 Å². The van der Waals surface area contributed by atoms with Gasteiger partial charge in [-0.15, -0.1) is 0 Å². The smallest absolute Gasteiger partial charge is 0.0785 e. The van der Waals surface area contributed by atoms with Crippen molar-refractivity contribution < 1.29 is 9.84 Å². The van der Waals surface area contributed by atoms with Gasteiger partial charge in [-0.3, -0.25) is 0 Å². The van der Waals surface area contributed by atoms with Gasteiger partial charge in [-0.25, -0.2) is 0 Å². The summed E-state index contributed by atoms with van der Waals surface area (Å²) in [5.41, 5.74) is 1.27. The normalized spacial score (nSPS) is 23.9. The minimum Gasteiger partial charge on any atom is -0.391 e. The lowest BCUT2D eigenvalue weighted by Gasteiger charge is -2.37. The number of aliphatic hydroxyl groups is 1. The molecule has 1 unspecified atom stereocenters. The van der Waals surface area contributed by atoms with Crippen molar-refractivity contribution in [2.24, 2.45) is 0 Å². The van der Waals surface area contributed by atoms with Crippen molar-refractivity contribution >= 4 is 11.6 Å². The molecule has 0 aliphatic heterocycles. The van der Waals surface area contributed by atoms with Crippen LogP contribution in [0.5, 0.6) is 0 Å². The molecular weight excluding hydrogens is 262 g/mol. The van der Waals surface area contributed by atoms with E-state index in [1.807, 2.05) is 18.2 Å². The van der Waals surface area contributed by atoms with E-state index in [2.05, 4.69) is 11.4 Å². The zero-order valence-electron chi connectivity index (χ0n) is 11.3. The van der Waals surface area contributed by atoms with E-state index >= 15 is 0 Å². The van der Waals surface area contributed by atoms with Gasteiger partial charge in [0.1, 0.15) is 0 Å². The molecule has 0 aromatic heterocycles. The molecular formula is C15H22ClNO2. The Morgan fingerprint density at radius 2 is 2.16 bits per heavy atom. The zero-order chi connectivity index (χ0) is 13.7. The van der Waals surface area contributed by atoms with Gasteiger partial charge in [0.05, 0.1) is 12.7 Å². The highest BCUT2D eigenvalue weighted by atomic mass is 35.5. The number of nitrogens with one attached hydrogen (secondary N) is 1. The number of benzene rings is 1. The summed E-state index contributed by atoms with van der Waals surface area (Å²) >= 11 is 6.19. The Hall–Kier alpha value is -0.610. The molecule has 0 spiro atoms. The summed E-state index contributed by atoms with van der Waals surface area (Å²) in [6, 6.07) is 8.64. The van der Waals surface area contributed by atoms with Crippen molar-refractivity contribution in [3.63, 3.8) is 0 Å². The Morgan fingerprint density at radius 3 is 2.84 bits per heavy atom. The van der Waals surface area contributed by atoms with E-state index in [9.17, 15) is 5.11 Å². The SMILES string of the molecule is COCC(O)CCNC1CC(c2ccccc2Cl)C1. The minimum atomic E-state index is -0.364. The van der Waals surface area contributed by atoms with E-state index in [4.69, 9.17) is 16.3 Å². The molecule has 1 saturated carbocycles. The Morgan fingerprint density at radius 1 is 1.42 bits per heavy atom. The summed E-state index contributed by atoms with van der Waals surface area (Å²) in [4.78, 5) is 0. The van der Waals surface area contributed by atoms with Crippen molar-refractivity contribution in [2.75, 3.05) is 20.3 Å². The van der Waals surface area contributed by atoms with Gasteiger partial charge in [-0.1, -0.05) is 29.8 Å². The first-order chi connectivity index (χ1) is 9.20. The van der Waals surface area contributed by atoms with Crippen LogP contribution in [0, 0.1) is 0 Å². The summed E-state index contributed by atoms with van der Waals surface area (Å²) in [5.74, 6) is 0.579. The van der Waals surface area contributed by atoms with Gasteiger partial charge in [0.15, 0.2) is 0 Å². The van der Waals surface area contributed by atoms with Crippen LogP contribution in [-0.2, 0) is 4.74 Å². The van der Waals surface area contributed by atoms with Crippen LogP contribution >= 0.6 is 11.6 Å². The highest BCUT2D eigenvalue weighted by Crippen LogP contribution is 2.39. The maximum absolute atomic E-state index is 9.54. The van der Waals surface area contributed by atoms with Crippen LogP contribution in [0.15, 0.2) is 24.3 Å².